The van der Waals surface area contributed by atoms with Crippen LogP contribution in [0.5, 0.6) is 5.75 Å². The lowest BCUT2D eigenvalue weighted by atomic mass is 10.1. The number of aromatic nitrogens is 1. The first-order chi connectivity index (χ1) is 14.9. The van der Waals surface area contributed by atoms with Gasteiger partial charge in [-0.1, -0.05) is 42.5 Å². The van der Waals surface area contributed by atoms with Crippen molar-refractivity contribution in [3.8, 4) is 16.9 Å². The number of carbonyl (C=O) groups is 2. The lowest BCUT2D eigenvalue weighted by Crippen LogP contribution is -2.23. The number of halogens is 1. The van der Waals surface area contributed by atoms with E-state index in [1.165, 1.54) is 0 Å². The van der Waals surface area contributed by atoms with E-state index >= 15 is 0 Å². The van der Waals surface area contributed by atoms with Crippen molar-refractivity contribution >= 4 is 29.2 Å². The summed E-state index contributed by atoms with van der Waals surface area (Å²) in [5.41, 5.74) is 3.15. The average Bonchev–Trinajstić information content (AvgIpc) is 3.12. The molecular weight excluding hydrogens is 416 g/mol. The molecule has 0 aliphatic heterocycles. The first-order valence-corrected chi connectivity index (χ1v) is 10.4. The van der Waals surface area contributed by atoms with Crippen LogP contribution < -0.4 is 10.1 Å². The maximum absolute atomic E-state index is 12.9. The number of hydrogen-bond donors (Lipinski definition) is 1. The molecular formula is C24H25ClN2O4. The van der Waals surface area contributed by atoms with Gasteiger partial charge in [0, 0.05) is 18.3 Å². The second-order valence-electron chi connectivity index (χ2n) is 6.93. The van der Waals surface area contributed by atoms with Gasteiger partial charge in [-0.3, -0.25) is 4.79 Å². The van der Waals surface area contributed by atoms with Gasteiger partial charge in [-0.05, 0) is 37.1 Å². The third-order valence-corrected chi connectivity index (χ3v) is 4.95. The topological polar surface area (TPSA) is 69.6 Å². The number of hydrogen-bond acceptors (Lipinski definition) is 4. The summed E-state index contributed by atoms with van der Waals surface area (Å²) < 4.78 is 12.3. The number of carbonyl (C=O) groups excluding carboxylic acids is 2. The molecule has 3 rings (SSSR count). The van der Waals surface area contributed by atoms with Gasteiger partial charge >= 0.3 is 5.97 Å². The number of esters is 1. The molecule has 31 heavy (non-hydrogen) atoms. The van der Waals surface area contributed by atoms with Gasteiger partial charge in [0.2, 0.25) is 5.91 Å². The third kappa shape index (κ3) is 5.27. The van der Waals surface area contributed by atoms with Gasteiger partial charge in [0.05, 0.1) is 19.4 Å². The smallest absolute Gasteiger partial charge is 0.357 e. The molecule has 0 unspecified atom stereocenters. The van der Waals surface area contributed by atoms with Crippen molar-refractivity contribution in [3.63, 3.8) is 0 Å². The van der Waals surface area contributed by atoms with Crippen LogP contribution in [0.4, 0.5) is 5.69 Å². The van der Waals surface area contributed by atoms with Crippen LogP contribution in [0.3, 0.4) is 0 Å². The molecule has 2 aromatic carbocycles. The Morgan fingerprint density at radius 3 is 2.35 bits per heavy atom. The van der Waals surface area contributed by atoms with Crippen molar-refractivity contribution in [3.05, 3.63) is 72.1 Å². The van der Waals surface area contributed by atoms with Crippen molar-refractivity contribution in [2.45, 2.75) is 25.8 Å². The van der Waals surface area contributed by atoms with E-state index in [1.54, 1.807) is 25.5 Å². The summed E-state index contributed by atoms with van der Waals surface area (Å²) in [5.74, 6) is -0.215. The van der Waals surface area contributed by atoms with Gasteiger partial charge < -0.3 is 19.4 Å². The normalized spacial score (nSPS) is 11.6. The van der Waals surface area contributed by atoms with E-state index in [1.807, 2.05) is 60.8 Å². The Balaban J connectivity index is 2.17. The Morgan fingerprint density at radius 2 is 1.77 bits per heavy atom. The second-order valence-corrected chi connectivity index (χ2v) is 7.59. The molecule has 0 aliphatic rings. The lowest BCUT2D eigenvalue weighted by Gasteiger charge is -2.13. The molecule has 0 bridgehead atoms. The molecule has 0 spiro atoms. The summed E-state index contributed by atoms with van der Waals surface area (Å²) in [5, 5.41) is 2.06. The van der Waals surface area contributed by atoms with E-state index < -0.39 is 17.3 Å². The van der Waals surface area contributed by atoms with E-state index in [-0.39, 0.29) is 12.3 Å². The first-order valence-electron chi connectivity index (χ1n) is 9.98. The van der Waals surface area contributed by atoms with Crippen molar-refractivity contribution in [2.75, 3.05) is 19.0 Å². The molecule has 6 nitrogen and oxygen atoms in total. The molecule has 0 radical (unpaired) electrons. The fourth-order valence-corrected chi connectivity index (χ4v) is 3.27. The van der Waals surface area contributed by atoms with Crippen LogP contribution >= 0.6 is 11.6 Å². The maximum Gasteiger partial charge on any atom is 0.357 e. The van der Waals surface area contributed by atoms with Crippen LogP contribution in [0.2, 0.25) is 0 Å². The van der Waals surface area contributed by atoms with Crippen LogP contribution in [0.25, 0.3) is 11.1 Å². The quantitative estimate of drug-likeness (QED) is 0.397. The maximum atomic E-state index is 12.9. The molecule has 0 saturated carbocycles. The van der Waals surface area contributed by atoms with Gasteiger partial charge in [0.15, 0.2) is 5.69 Å². The number of anilines is 1. The third-order valence-electron chi connectivity index (χ3n) is 4.75. The van der Waals surface area contributed by atoms with Crippen molar-refractivity contribution < 1.29 is 19.1 Å². The summed E-state index contributed by atoms with van der Waals surface area (Å²) in [6.07, 6.45) is 1.84. The SMILES string of the molecule is CCOC(=O)c1c(NC(=O)[C@@H](C)Cl)c(-c2ccc(OC)cc2)cn1Cc1ccccc1. The highest BCUT2D eigenvalue weighted by Crippen LogP contribution is 2.35. The minimum Gasteiger partial charge on any atom is -0.497 e. The minimum atomic E-state index is -0.767. The Kier molecular flexibility index (Phi) is 7.36. The molecule has 1 atom stereocenters. The molecule has 7 heteroatoms. The molecule has 0 fully saturated rings. The average molecular weight is 441 g/mol. The standard InChI is InChI=1S/C24H25ClN2O4/c1-4-31-24(29)22-21(26-23(28)16(2)25)20(18-10-12-19(30-3)13-11-18)15-27(22)14-17-8-6-5-7-9-17/h5-13,15-16H,4,14H2,1-3H3,(H,26,28)/t16-/m1/s1. The van der Waals surface area contributed by atoms with Crippen molar-refractivity contribution in [2.24, 2.45) is 0 Å². The monoisotopic (exact) mass is 440 g/mol. The number of amides is 1. The number of nitrogens with one attached hydrogen (secondary N) is 1. The highest BCUT2D eigenvalue weighted by Gasteiger charge is 2.26. The summed E-state index contributed by atoms with van der Waals surface area (Å²) in [6.45, 7) is 3.97. The second kappa shape index (κ2) is 10.2. The Morgan fingerprint density at radius 1 is 1.10 bits per heavy atom. The molecule has 1 heterocycles. The molecule has 162 valence electrons. The zero-order valence-electron chi connectivity index (χ0n) is 17.7. The zero-order valence-corrected chi connectivity index (χ0v) is 18.5. The van der Waals surface area contributed by atoms with Crippen molar-refractivity contribution in [1.82, 2.24) is 4.57 Å². The van der Waals surface area contributed by atoms with Crippen LogP contribution in [0.1, 0.15) is 29.9 Å². The lowest BCUT2D eigenvalue weighted by molar-refractivity contribution is -0.115. The fraction of sp³-hybridized carbons (Fsp3) is 0.250. The van der Waals surface area contributed by atoms with Crippen molar-refractivity contribution in [1.29, 1.82) is 0 Å². The van der Waals surface area contributed by atoms with E-state index in [9.17, 15) is 9.59 Å². The Bertz CT molecular complexity index is 1040. The summed E-state index contributed by atoms with van der Waals surface area (Å²) >= 11 is 5.99. The number of alkyl halides is 1. The van der Waals surface area contributed by atoms with Crippen LogP contribution in [0.15, 0.2) is 60.8 Å². The highest BCUT2D eigenvalue weighted by molar-refractivity contribution is 6.32. The Labute approximate surface area is 186 Å². The molecule has 3 aromatic rings. The van der Waals surface area contributed by atoms with Gasteiger partial charge in [-0.15, -0.1) is 11.6 Å². The van der Waals surface area contributed by atoms with Gasteiger partial charge in [-0.2, -0.15) is 0 Å². The van der Waals surface area contributed by atoms with E-state index in [0.717, 1.165) is 11.1 Å². The Hall–Kier alpha value is -3.25. The van der Waals surface area contributed by atoms with E-state index in [0.29, 0.717) is 23.5 Å². The first kappa shape index (κ1) is 22.4. The molecule has 1 aromatic heterocycles. The summed E-state index contributed by atoms with van der Waals surface area (Å²) in [7, 11) is 1.59. The highest BCUT2D eigenvalue weighted by atomic mass is 35.5. The predicted octanol–water partition coefficient (Wildman–Crippen LogP) is 4.95. The van der Waals surface area contributed by atoms with Crippen LogP contribution in [-0.2, 0) is 16.1 Å². The predicted molar refractivity (Wildman–Crippen MR) is 122 cm³/mol. The summed E-state index contributed by atoms with van der Waals surface area (Å²) in [4.78, 5) is 25.4. The number of methoxy groups -OCH3 is 1. The number of rotatable bonds is 8. The number of benzene rings is 2. The minimum absolute atomic E-state index is 0.215. The fourth-order valence-electron chi connectivity index (χ4n) is 3.22. The van der Waals surface area contributed by atoms with Gasteiger partial charge in [0.1, 0.15) is 11.1 Å². The largest absolute Gasteiger partial charge is 0.497 e. The zero-order chi connectivity index (χ0) is 22.4. The van der Waals surface area contributed by atoms with Crippen LogP contribution in [0, 0.1) is 0 Å². The van der Waals surface area contributed by atoms with E-state index in [2.05, 4.69) is 5.32 Å². The van der Waals surface area contributed by atoms with Crippen LogP contribution in [-0.4, -0.2) is 35.5 Å². The number of nitrogens with zero attached hydrogens (tertiary/aromatic N) is 1. The molecule has 1 N–H and O–H groups in total. The molecule has 1 amide bonds. The molecule has 0 aliphatic carbocycles. The number of ether oxygens (including phenoxy) is 2. The van der Waals surface area contributed by atoms with E-state index in [4.69, 9.17) is 21.1 Å². The molecule has 0 saturated heterocycles. The van der Waals surface area contributed by atoms with Gasteiger partial charge in [-0.25, -0.2) is 4.79 Å². The van der Waals surface area contributed by atoms with Gasteiger partial charge in [0.25, 0.3) is 0 Å². The summed E-state index contributed by atoms with van der Waals surface area (Å²) in [6, 6.07) is 17.1.